The largest absolute Gasteiger partial charge is 0.480 e. The molecule has 3 amide bonds. The zero-order valence-electron chi connectivity index (χ0n) is 21.1. The van der Waals surface area contributed by atoms with Crippen molar-refractivity contribution in [3.05, 3.63) is 0 Å². The second-order valence-electron chi connectivity index (χ2n) is 9.12. The van der Waals surface area contributed by atoms with Crippen LogP contribution < -0.4 is 27.8 Å². The third-order valence-electron chi connectivity index (χ3n) is 5.67. The summed E-state index contributed by atoms with van der Waals surface area (Å²) < 4.78 is 4.52. The number of hydrogen-bond donors (Lipinski definition) is 6. The van der Waals surface area contributed by atoms with Crippen LogP contribution in [0.3, 0.4) is 0 Å². The van der Waals surface area contributed by atoms with Crippen LogP contribution in [0.15, 0.2) is 4.99 Å². The lowest BCUT2D eigenvalue weighted by Gasteiger charge is -2.29. The number of nitrogens with one attached hydrogen (secondary N) is 2. The highest BCUT2D eigenvalue weighted by Gasteiger charge is 2.38. The van der Waals surface area contributed by atoms with Crippen LogP contribution in [0.4, 0.5) is 0 Å². The number of carboxylic acid groups (broad SMARTS) is 1. The van der Waals surface area contributed by atoms with E-state index in [1.165, 1.54) is 12.0 Å². The lowest BCUT2D eigenvalue weighted by Crippen LogP contribution is -2.57. The first-order chi connectivity index (χ1) is 16.9. The molecule has 0 spiro atoms. The number of esters is 1. The van der Waals surface area contributed by atoms with Crippen molar-refractivity contribution in [2.45, 2.75) is 76.5 Å². The molecular weight excluding hydrogens is 474 g/mol. The number of rotatable bonds is 14. The Kier molecular flexibility index (Phi) is 12.6. The van der Waals surface area contributed by atoms with E-state index >= 15 is 0 Å². The minimum Gasteiger partial charge on any atom is -0.480 e. The molecule has 0 aliphatic carbocycles. The lowest BCUT2D eigenvalue weighted by atomic mass is 10.0. The third kappa shape index (κ3) is 10.1. The van der Waals surface area contributed by atoms with Gasteiger partial charge >= 0.3 is 11.9 Å². The minimum absolute atomic E-state index is 0.0103. The van der Waals surface area contributed by atoms with Gasteiger partial charge in [0.25, 0.3) is 0 Å². The molecule has 36 heavy (non-hydrogen) atoms. The zero-order valence-corrected chi connectivity index (χ0v) is 21.1. The van der Waals surface area contributed by atoms with Crippen molar-refractivity contribution < 1.29 is 33.8 Å². The summed E-state index contributed by atoms with van der Waals surface area (Å²) >= 11 is 0. The van der Waals surface area contributed by atoms with E-state index in [0.717, 1.165) is 0 Å². The van der Waals surface area contributed by atoms with Gasteiger partial charge in [0, 0.05) is 13.1 Å². The van der Waals surface area contributed by atoms with Crippen molar-refractivity contribution in [3.63, 3.8) is 0 Å². The summed E-state index contributed by atoms with van der Waals surface area (Å²) in [7, 11) is 1.17. The molecular formula is C22H39N7O7. The molecule has 204 valence electrons. The maximum atomic E-state index is 13.3. The Hall–Kier alpha value is -3.42. The molecule has 1 aliphatic heterocycles. The Morgan fingerprint density at radius 1 is 1.11 bits per heavy atom. The summed E-state index contributed by atoms with van der Waals surface area (Å²) in [6.07, 6.45) is 1.20. The molecule has 14 heteroatoms. The Morgan fingerprint density at radius 2 is 1.75 bits per heavy atom. The number of aliphatic imine (C=N–C) groups is 1. The molecule has 0 aromatic rings. The van der Waals surface area contributed by atoms with E-state index in [9.17, 15) is 29.1 Å². The van der Waals surface area contributed by atoms with E-state index in [-0.39, 0.29) is 44.2 Å². The fraction of sp³-hybridized carbons (Fsp3) is 0.727. The highest BCUT2D eigenvalue weighted by molar-refractivity contribution is 5.95. The van der Waals surface area contributed by atoms with Crippen LogP contribution >= 0.6 is 0 Å². The van der Waals surface area contributed by atoms with E-state index in [0.29, 0.717) is 19.3 Å². The van der Waals surface area contributed by atoms with Gasteiger partial charge in [-0.1, -0.05) is 13.8 Å². The molecule has 9 N–H and O–H groups in total. The molecule has 0 aromatic heterocycles. The molecule has 0 bridgehead atoms. The summed E-state index contributed by atoms with van der Waals surface area (Å²) in [4.78, 5) is 67.1. The Balaban J connectivity index is 3.03. The predicted octanol–water partition coefficient (Wildman–Crippen LogP) is -1.98. The molecule has 0 aromatic carbocycles. The molecule has 1 rings (SSSR count). The number of aliphatic carboxylic acids is 1. The number of methoxy groups -OCH3 is 1. The van der Waals surface area contributed by atoms with Gasteiger partial charge in [0.05, 0.1) is 19.6 Å². The van der Waals surface area contributed by atoms with Crippen molar-refractivity contribution in [1.82, 2.24) is 15.5 Å². The van der Waals surface area contributed by atoms with Gasteiger partial charge in [0.2, 0.25) is 17.7 Å². The van der Waals surface area contributed by atoms with Gasteiger partial charge in [-0.25, -0.2) is 4.79 Å². The summed E-state index contributed by atoms with van der Waals surface area (Å²) in [5.74, 6) is -3.80. The van der Waals surface area contributed by atoms with E-state index in [1.807, 2.05) is 13.8 Å². The Bertz CT molecular complexity index is 830. The van der Waals surface area contributed by atoms with Gasteiger partial charge in [-0.05, 0) is 38.0 Å². The average Bonchev–Trinajstić information content (AvgIpc) is 3.29. The topological polar surface area (TPSA) is 233 Å². The van der Waals surface area contributed by atoms with Crippen molar-refractivity contribution in [2.75, 3.05) is 20.2 Å². The van der Waals surface area contributed by atoms with Crippen molar-refractivity contribution in [3.8, 4) is 0 Å². The highest BCUT2D eigenvalue weighted by atomic mass is 16.5. The van der Waals surface area contributed by atoms with Crippen LogP contribution in [0.25, 0.3) is 0 Å². The molecule has 14 nitrogen and oxygen atoms in total. The first-order valence-corrected chi connectivity index (χ1v) is 11.9. The first kappa shape index (κ1) is 30.6. The van der Waals surface area contributed by atoms with Crippen LogP contribution in [-0.2, 0) is 28.7 Å². The number of carboxylic acids is 1. The van der Waals surface area contributed by atoms with Crippen LogP contribution in [0.5, 0.6) is 0 Å². The summed E-state index contributed by atoms with van der Waals surface area (Å²) in [6, 6.07) is -4.29. The van der Waals surface area contributed by atoms with Gasteiger partial charge in [0.1, 0.15) is 18.1 Å². The smallest absolute Gasteiger partial charge is 0.326 e. The normalized spacial score (nSPS) is 17.6. The Labute approximate surface area is 210 Å². The second-order valence-corrected chi connectivity index (χ2v) is 9.12. The van der Waals surface area contributed by atoms with E-state index in [1.54, 1.807) is 0 Å². The maximum Gasteiger partial charge on any atom is 0.326 e. The maximum absolute atomic E-state index is 13.3. The Morgan fingerprint density at radius 3 is 2.31 bits per heavy atom. The number of amides is 3. The van der Waals surface area contributed by atoms with Crippen LogP contribution in [0.1, 0.15) is 52.4 Å². The van der Waals surface area contributed by atoms with E-state index < -0.39 is 53.8 Å². The first-order valence-electron chi connectivity index (χ1n) is 11.9. The fourth-order valence-corrected chi connectivity index (χ4v) is 3.86. The standard InChI is InChI=1S/C22H39N7O7/c1-12(2)10-15(28-18(31)13(23)11-17(30)36-3)19(32)27-14(6-4-8-26-22(24)25)20(33)29-9-5-7-16(29)21(34)35/h12-16H,4-11,23H2,1-3H3,(H,27,32)(H,28,31)(H,34,35)(H4,24,25,26)/t13-,14-,15-,16-/m0/s1. The number of carbonyl (C=O) groups excluding carboxylic acids is 4. The lowest BCUT2D eigenvalue weighted by molar-refractivity contribution is -0.149. The van der Waals surface area contributed by atoms with Gasteiger partial charge < -0.3 is 42.6 Å². The monoisotopic (exact) mass is 513 g/mol. The van der Waals surface area contributed by atoms with Crippen LogP contribution in [0.2, 0.25) is 0 Å². The quantitative estimate of drug-likeness (QED) is 0.0648. The average molecular weight is 514 g/mol. The highest BCUT2D eigenvalue weighted by Crippen LogP contribution is 2.20. The molecule has 1 aliphatic rings. The summed E-state index contributed by atoms with van der Waals surface area (Å²) in [5, 5.41) is 14.7. The number of guanidine groups is 1. The summed E-state index contributed by atoms with van der Waals surface area (Å²) in [6.45, 7) is 4.16. The number of hydrogen-bond acceptors (Lipinski definition) is 8. The van der Waals surface area contributed by atoms with E-state index in [2.05, 4.69) is 20.4 Å². The number of carbonyl (C=O) groups is 5. The molecule has 4 atom stereocenters. The van der Waals surface area contributed by atoms with Gasteiger partial charge in [0.15, 0.2) is 5.96 Å². The third-order valence-corrected chi connectivity index (χ3v) is 5.67. The fourth-order valence-electron chi connectivity index (χ4n) is 3.86. The second kappa shape index (κ2) is 14.9. The van der Waals surface area contributed by atoms with Gasteiger partial charge in [-0.2, -0.15) is 0 Å². The molecule has 1 fully saturated rings. The number of likely N-dealkylation sites (tertiary alicyclic amines) is 1. The van der Waals surface area contributed by atoms with Gasteiger partial charge in [-0.15, -0.1) is 0 Å². The number of nitrogens with two attached hydrogens (primary N) is 3. The number of nitrogens with zero attached hydrogens (tertiary/aromatic N) is 2. The SMILES string of the molecule is COC(=O)C[C@H](N)C(=O)N[C@@H](CC(C)C)C(=O)N[C@@H](CCCN=C(N)N)C(=O)N1CCC[C@H]1C(=O)O. The minimum atomic E-state index is -1.22. The zero-order chi connectivity index (χ0) is 27.4. The molecule has 1 saturated heterocycles. The van der Waals surface area contributed by atoms with E-state index in [4.69, 9.17) is 17.2 Å². The molecule has 1 heterocycles. The number of ether oxygens (including phenoxy) is 1. The van der Waals surface area contributed by atoms with Crippen LogP contribution in [-0.4, -0.2) is 90.0 Å². The molecule has 0 saturated carbocycles. The van der Waals surface area contributed by atoms with Crippen molar-refractivity contribution in [2.24, 2.45) is 28.1 Å². The van der Waals surface area contributed by atoms with Gasteiger partial charge in [-0.3, -0.25) is 24.2 Å². The van der Waals surface area contributed by atoms with Crippen molar-refractivity contribution >= 4 is 35.6 Å². The van der Waals surface area contributed by atoms with Crippen molar-refractivity contribution in [1.29, 1.82) is 0 Å². The van der Waals surface area contributed by atoms with Crippen LogP contribution in [0, 0.1) is 5.92 Å². The summed E-state index contributed by atoms with van der Waals surface area (Å²) in [5.41, 5.74) is 16.4. The molecule has 0 radical (unpaired) electrons. The predicted molar refractivity (Wildman–Crippen MR) is 130 cm³/mol. The molecule has 0 unspecified atom stereocenters.